The molecule has 0 aromatic heterocycles. The quantitative estimate of drug-likeness (QED) is 0.781. The zero-order valence-corrected chi connectivity index (χ0v) is 13.7. The molecule has 0 bridgehead atoms. The molecule has 0 spiro atoms. The molecule has 0 saturated heterocycles. The van der Waals surface area contributed by atoms with Gasteiger partial charge < -0.3 is 10.6 Å². The molecule has 0 saturated carbocycles. The van der Waals surface area contributed by atoms with Crippen LogP contribution in [0, 0.1) is 12.8 Å². The number of anilines is 1. The second-order valence-electron chi connectivity index (χ2n) is 5.24. The van der Waals surface area contributed by atoms with Crippen molar-refractivity contribution in [3.05, 3.63) is 28.2 Å². The van der Waals surface area contributed by atoms with E-state index in [9.17, 15) is 9.59 Å². The molecule has 110 valence electrons. The van der Waals surface area contributed by atoms with Crippen LogP contribution in [-0.2, 0) is 9.59 Å². The minimum atomic E-state index is -0.309. The number of carbonyl (C=O) groups excluding carboxylic acids is 2. The van der Waals surface area contributed by atoms with Crippen molar-refractivity contribution in [1.29, 1.82) is 0 Å². The fourth-order valence-corrected chi connectivity index (χ4v) is 2.22. The number of amides is 2. The van der Waals surface area contributed by atoms with Gasteiger partial charge in [0.05, 0.1) is 5.69 Å². The molecule has 2 amide bonds. The number of halogens is 1. The van der Waals surface area contributed by atoms with E-state index in [-0.39, 0.29) is 18.2 Å². The summed E-state index contributed by atoms with van der Waals surface area (Å²) in [5.74, 6) is -0.0179. The Hall–Kier alpha value is -1.36. The summed E-state index contributed by atoms with van der Waals surface area (Å²) in [6.07, 6.45) is 0.759. The minimum Gasteiger partial charge on any atom is -0.356 e. The Labute approximate surface area is 128 Å². The van der Waals surface area contributed by atoms with Crippen molar-refractivity contribution in [2.45, 2.75) is 33.6 Å². The maximum absolute atomic E-state index is 11.8. The van der Waals surface area contributed by atoms with E-state index < -0.39 is 0 Å². The van der Waals surface area contributed by atoms with Crippen LogP contribution in [0.3, 0.4) is 0 Å². The van der Waals surface area contributed by atoms with Crippen LogP contribution >= 0.6 is 15.9 Å². The Kier molecular flexibility index (Phi) is 6.71. The highest BCUT2D eigenvalue weighted by atomic mass is 79.9. The largest absolute Gasteiger partial charge is 0.356 e. The molecule has 0 aliphatic rings. The number of aryl methyl sites for hydroxylation is 1. The smallest absolute Gasteiger partial charge is 0.233 e. The molecule has 2 N–H and O–H groups in total. The molecule has 0 fully saturated rings. The highest BCUT2D eigenvalue weighted by Crippen LogP contribution is 2.23. The van der Waals surface area contributed by atoms with Crippen LogP contribution in [0.15, 0.2) is 22.7 Å². The number of nitrogens with one attached hydrogen (secondary N) is 2. The molecule has 20 heavy (non-hydrogen) atoms. The summed E-state index contributed by atoms with van der Waals surface area (Å²) in [7, 11) is 0. The van der Waals surface area contributed by atoms with Crippen LogP contribution in [0.5, 0.6) is 0 Å². The summed E-state index contributed by atoms with van der Waals surface area (Å²) in [6.45, 7) is 6.76. The van der Waals surface area contributed by atoms with E-state index in [0.29, 0.717) is 18.2 Å². The molecule has 0 heterocycles. The topological polar surface area (TPSA) is 58.2 Å². The monoisotopic (exact) mass is 340 g/mol. The Morgan fingerprint density at radius 1 is 1.25 bits per heavy atom. The number of hydrogen-bond acceptors (Lipinski definition) is 2. The highest BCUT2D eigenvalue weighted by molar-refractivity contribution is 9.10. The SMILES string of the molecule is Cc1ccc(NC(=O)CC(=O)NCCC(C)C)c(Br)c1. The zero-order chi connectivity index (χ0) is 15.1. The van der Waals surface area contributed by atoms with E-state index in [0.717, 1.165) is 16.5 Å². The fraction of sp³-hybridized carbons (Fsp3) is 0.467. The second kappa shape index (κ2) is 8.04. The van der Waals surface area contributed by atoms with Gasteiger partial charge in [-0.1, -0.05) is 19.9 Å². The summed E-state index contributed by atoms with van der Waals surface area (Å²) in [6, 6.07) is 5.63. The van der Waals surface area contributed by atoms with Crippen molar-refractivity contribution in [2.24, 2.45) is 5.92 Å². The average molecular weight is 341 g/mol. The normalized spacial score (nSPS) is 10.4. The maximum atomic E-state index is 11.8. The summed E-state index contributed by atoms with van der Waals surface area (Å²) in [5.41, 5.74) is 1.77. The first kappa shape index (κ1) is 16.7. The van der Waals surface area contributed by atoms with Crippen LogP contribution in [0.2, 0.25) is 0 Å². The van der Waals surface area contributed by atoms with Crippen LogP contribution in [0.25, 0.3) is 0 Å². The van der Waals surface area contributed by atoms with Gasteiger partial charge in [0.2, 0.25) is 11.8 Å². The lowest BCUT2D eigenvalue weighted by atomic mass is 10.1. The molecule has 1 aromatic carbocycles. The number of hydrogen-bond donors (Lipinski definition) is 2. The zero-order valence-electron chi connectivity index (χ0n) is 12.1. The van der Waals surface area contributed by atoms with Crippen molar-refractivity contribution in [2.75, 3.05) is 11.9 Å². The molecule has 1 rings (SSSR count). The summed E-state index contributed by atoms with van der Waals surface area (Å²) in [5, 5.41) is 5.46. The highest BCUT2D eigenvalue weighted by Gasteiger charge is 2.11. The van der Waals surface area contributed by atoms with E-state index in [1.807, 2.05) is 25.1 Å². The summed E-state index contributed by atoms with van der Waals surface area (Å²) < 4.78 is 0.811. The third kappa shape index (κ3) is 6.19. The molecule has 5 heteroatoms. The molecule has 0 radical (unpaired) electrons. The van der Waals surface area contributed by atoms with Crippen molar-refractivity contribution < 1.29 is 9.59 Å². The lowest BCUT2D eigenvalue weighted by Crippen LogP contribution is -2.29. The van der Waals surface area contributed by atoms with Gasteiger partial charge in [0.1, 0.15) is 6.42 Å². The molecule has 0 aliphatic carbocycles. The van der Waals surface area contributed by atoms with Crippen molar-refractivity contribution in [3.8, 4) is 0 Å². The van der Waals surface area contributed by atoms with Gasteiger partial charge in [0, 0.05) is 11.0 Å². The summed E-state index contributed by atoms with van der Waals surface area (Å²) >= 11 is 3.38. The molecular weight excluding hydrogens is 320 g/mol. The number of benzene rings is 1. The van der Waals surface area contributed by atoms with Gasteiger partial charge in [-0.25, -0.2) is 0 Å². The lowest BCUT2D eigenvalue weighted by Gasteiger charge is -2.09. The van der Waals surface area contributed by atoms with Gasteiger partial charge >= 0.3 is 0 Å². The first-order valence-corrected chi connectivity index (χ1v) is 7.50. The van der Waals surface area contributed by atoms with Crippen LogP contribution in [0.1, 0.15) is 32.3 Å². The molecule has 0 unspecified atom stereocenters. The van der Waals surface area contributed by atoms with Gasteiger partial charge in [-0.2, -0.15) is 0 Å². The van der Waals surface area contributed by atoms with E-state index in [1.165, 1.54) is 0 Å². The Balaban J connectivity index is 2.41. The Morgan fingerprint density at radius 2 is 1.95 bits per heavy atom. The van der Waals surface area contributed by atoms with E-state index >= 15 is 0 Å². The predicted molar refractivity (Wildman–Crippen MR) is 84.6 cm³/mol. The summed E-state index contributed by atoms with van der Waals surface area (Å²) in [4.78, 5) is 23.3. The second-order valence-corrected chi connectivity index (χ2v) is 6.10. The van der Waals surface area contributed by atoms with Gasteiger partial charge in [0.25, 0.3) is 0 Å². The van der Waals surface area contributed by atoms with Crippen LogP contribution < -0.4 is 10.6 Å². The van der Waals surface area contributed by atoms with E-state index in [4.69, 9.17) is 0 Å². The first-order valence-electron chi connectivity index (χ1n) is 6.71. The molecule has 0 atom stereocenters. The lowest BCUT2D eigenvalue weighted by molar-refractivity contribution is -0.126. The molecule has 0 aliphatic heterocycles. The predicted octanol–water partition coefficient (Wildman–Crippen LogP) is 3.25. The molecule has 4 nitrogen and oxygen atoms in total. The molecule has 1 aromatic rings. The molecular formula is C15H21BrN2O2. The third-order valence-electron chi connectivity index (χ3n) is 2.76. The fourth-order valence-electron chi connectivity index (χ4n) is 1.62. The van der Waals surface area contributed by atoms with Crippen LogP contribution in [-0.4, -0.2) is 18.4 Å². The van der Waals surface area contributed by atoms with Crippen molar-refractivity contribution in [3.63, 3.8) is 0 Å². The van der Waals surface area contributed by atoms with E-state index in [1.54, 1.807) is 0 Å². The van der Waals surface area contributed by atoms with Gasteiger partial charge in [-0.05, 0) is 52.9 Å². The average Bonchev–Trinajstić information content (AvgIpc) is 2.32. The Morgan fingerprint density at radius 3 is 2.55 bits per heavy atom. The number of rotatable bonds is 6. The number of carbonyl (C=O) groups is 2. The van der Waals surface area contributed by atoms with Crippen molar-refractivity contribution in [1.82, 2.24) is 5.32 Å². The Bertz CT molecular complexity index is 487. The van der Waals surface area contributed by atoms with Gasteiger partial charge in [-0.3, -0.25) is 9.59 Å². The maximum Gasteiger partial charge on any atom is 0.233 e. The van der Waals surface area contributed by atoms with Crippen molar-refractivity contribution >= 4 is 33.4 Å². The minimum absolute atomic E-state index is 0.154. The van der Waals surface area contributed by atoms with Gasteiger partial charge in [0.15, 0.2) is 0 Å². The van der Waals surface area contributed by atoms with E-state index in [2.05, 4.69) is 40.4 Å². The third-order valence-corrected chi connectivity index (χ3v) is 3.42. The standard InChI is InChI=1S/C15H21BrN2O2/c1-10(2)6-7-17-14(19)9-15(20)18-13-5-4-11(3)8-12(13)16/h4-5,8,10H,6-7,9H2,1-3H3,(H,17,19)(H,18,20). The van der Waals surface area contributed by atoms with Crippen LogP contribution in [0.4, 0.5) is 5.69 Å². The first-order chi connectivity index (χ1) is 9.38. The van der Waals surface area contributed by atoms with Gasteiger partial charge in [-0.15, -0.1) is 0 Å².